The minimum absolute atomic E-state index is 0.00527. The van der Waals surface area contributed by atoms with Crippen LogP contribution in [0.1, 0.15) is 19.3 Å². The summed E-state index contributed by atoms with van der Waals surface area (Å²) in [6, 6.07) is 4.79. The lowest BCUT2D eigenvalue weighted by molar-refractivity contribution is 0.347. The molecule has 3 heterocycles. The number of pyridine rings is 1. The zero-order valence-electron chi connectivity index (χ0n) is 11.8. The number of nitrogens with zero attached hydrogens (tertiary/aromatic N) is 5. The van der Waals surface area contributed by atoms with Gasteiger partial charge in [-0.05, 0) is 25.0 Å². The van der Waals surface area contributed by atoms with Gasteiger partial charge in [0.1, 0.15) is 11.4 Å². The standard InChI is InChI=1S/C13H15N5O3S/c14-6-10-18-13(19)17-9-4-5-11(12(17)15-18)22(20,21)16-7-2-1-3-8-16/h4-5,9H,1-3,7-8,10H2. The molecule has 1 aliphatic rings. The number of hydrogen-bond donors (Lipinski definition) is 0. The summed E-state index contributed by atoms with van der Waals surface area (Å²) >= 11 is 0. The van der Waals surface area contributed by atoms with Gasteiger partial charge in [0.25, 0.3) is 0 Å². The number of aromatic nitrogens is 3. The highest BCUT2D eigenvalue weighted by Crippen LogP contribution is 2.22. The Balaban J connectivity index is 2.17. The minimum atomic E-state index is -3.69. The van der Waals surface area contributed by atoms with E-state index < -0.39 is 15.7 Å². The van der Waals surface area contributed by atoms with Crippen LogP contribution in [-0.4, -0.2) is 40.0 Å². The third-order valence-corrected chi connectivity index (χ3v) is 5.65. The van der Waals surface area contributed by atoms with E-state index in [2.05, 4.69) is 5.10 Å². The van der Waals surface area contributed by atoms with Crippen molar-refractivity contribution in [3.05, 3.63) is 28.8 Å². The molecular formula is C13H15N5O3S. The first-order chi connectivity index (χ1) is 10.6. The van der Waals surface area contributed by atoms with Gasteiger partial charge < -0.3 is 0 Å². The average molecular weight is 321 g/mol. The number of piperidine rings is 1. The van der Waals surface area contributed by atoms with Crippen molar-refractivity contribution in [2.24, 2.45) is 0 Å². The molecule has 1 fully saturated rings. The molecule has 116 valence electrons. The van der Waals surface area contributed by atoms with E-state index in [0.29, 0.717) is 13.1 Å². The molecule has 0 radical (unpaired) electrons. The summed E-state index contributed by atoms with van der Waals surface area (Å²) in [6.07, 6.45) is 4.14. The molecule has 0 N–H and O–H groups in total. The second-order valence-corrected chi connectivity index (χ2v) is 7.04. The van der Waals surface area contributed by atoms with E-state index in [-0.39, 0.29) is 17.1 Å². The second kappa shape index (κ2) is 5.55. The first kappa shape index (κ1) is 14.7. The molecule has 0 amide bonds. The van der Waals surface area contributed by atoms with Crippen molar-refractivity contribution in [3.8, 4) is 6.07 Å². The summed E-state index contributed by atoms with van der Waals surface area (Å²) in [7, 11) is -3.69. The molecule has 0 aromatic carbocycles. The number of fused-ring (bicyclic) bond motifs is 1. The van der Waals surface area contributed by atoms with Crippen LogP contribution in [0.25, 0.3) is 5.65 Å². The minimum Gasteiger partial charge on any atom is -0.249 e. The molecule has 1 aliphatic heterocycles. The van der Waals surface area contributed by atoms with E-state index in [9.17, 15) is 13.2 Å². The molecule has 22 heavy (non-hydrogen) atoms. The van der Waals surface area contributed by atoms with Crippen LogP contribution in [0.3, 0.4) is 0 Å². The third kappa shape index (κ3) is 2.30. The summed E-state index contributed by atoms with van der Waals surface area (Å²) in [5.74, 6) is 0. The molecule has 2 aromatic rings. The van der Waals surface area contributed by atoms with Crippen molar-refractivity contribution in [1.82, 2.24) is 18.5 Å². The SMILES string of the molecule is N#CCn1nc2c(S(=O)(=O)N3CCCCC3)cccn2c1=O. The van der Waals surface area contributed by atoms with E-state index >= 15 is 0 Å². The van der Waals surface area contributed by atoms with Gasteiger partial charge in [-0.3, -0.25) is 0 Å². The molecule has 0 spiro atoms. The second-order valence-electron chi connectivity index (χ2n) is 5.13. The quantitative estimate of drug-likeness (QED) is 0.803. The van der Waals surface area contributed by atoms with Crippen molar-refractivity contribution in [1.29, 1.82) is 5.26 Å². The van der Waals surface area contributed by atoms with Gasteiger partial charge in [-0.25, -0.2) is 17.6 Å². The van der Waals surface area contributed by atoms with E-state index in [0.717, 1.165) is 28.3 Å². The Morgan fingerprint density at radius 3 is 2.68 bits per heavy atom. The monoisotopic (exact) mass is 321 g/mol. The smallest absolute Gasteiger partial charge is 0.249 e. The van der Waals surface area contributed by atoms with Gasteiger partial charge in [0.15, 0.2) is 5.65 Å². The Hall–Kier alpha value is -2.18. The summed E-state index contributed by atoms with van der Waals surface area (Å²) in [4.78, 5) is 12.1. The normalized spacial score (nSPS) is 16.7. The van der Waals surface area contributed by atoms with Gasteiger partial charge in [-0.15, -0.1) is 5.10 Å². The molecule has 0 saturated carbocycles. The molecule has 1 saturated heterocycles. The predicted octanol–water partition coefficient (Wildman–Crippen LogP) is 0.194. The van der Waals surface area contributed by atoms with E-state index in [4.69, 9.17) is 5.26 Å². The Labute approximate surface area is 127 Å². The molecule has 0 atom stereocenters. The molecule has 0 aliphatic carbocycles. The molecule has 2 aromatic heterocycles. The van der Waals surface area contributed by atoms with Crippen molar-refractivity contribution in [2.75, 3.05) is 13.1 Å². The van der Waals surface area contributed by atoms with Crippen LogP contribution in [0.4, 0.5) is 0 Å². The fourth-order valence-corrected chi connectivity index (χ4v) is 4.27. The Bertz CT molecular complexity index is 900. The predicted molar refractivity (Wildman–Crippen MR) is 77.7 cm³/mol. The Morgan fingerprint density at radius 2 is 2.00 bits per heavy atom. The van der Waals surface area contributed by atoms with Gasteiger partial charge in [-0.1, -0.05) is 6.42 Å². The van der Waals surface area contributed by atoms with E-state index in [1.807, 2.05) is 6.07 Å². The fraction of sp³-hybridized carbons (Fsp3) is 0.462. The zero-order chi connectivity index (χ0) is 15.7. The number of rotatable bonds is 3. The maximum Gasteiger partial charge on any atom is 0.351 e. The summed E-state index contributed by atoms with van der Waals surface area (Å²) < 4.78 is 29.1. The van der Waals surface area contributed by atoms with E-state index in [1.54, 1.807) is 0 Å². The lowest BCUT2D eigenvalue weighted by atomic mass is 10.2. The number of hydrogen-bond acceptors (Lipinski definition) is 5. The molecular weight excluding hydrogens is 306 g/mol. The Morgan fingerprint density at radius 1 is 1.27 bits per heavy atom. The highest BCUT2D eigenvalue weighted by Gasteiger charge is 2.29. The summed E-state index contributed by atoms with van der Waals surface area (Å²) in [6.45, 7) is 0.739. The maximum atomic E-state index is 12.8. The van der Waals surface area contributed by atoms with Crippen molar-refractivity contribution in [2.45, 2.75) is 30.7 Å². The summed E-state index contributed by atoms with van der Waals surface area (Å²) in [5, 5.41) is 12.7. The van der Waals surface area contributed by atoms with Crippen molar-refractivity contribution >= 4 is 15.7 Å². The number of nitriles is 1. The lowest BCUT2D eigenvalue weighted by Gasteiger charge is -2.25. The van der Waals surface area contributed by atoms with Crippen LogP contribution < -0.4 is 5.69 Å². The van der Waals surface area contributed by atoms with Crippen LogP contribution in [0.5, 0.6) is 0 Å². The molecule has 3 rings (SSSR count). The van der Waals surface area contributed by atoms with Gasteiger partial charge in [0, 0.05) is 19.3 Å². The molecule has 8 nitrogen and oxygen atoms in total. The molecule has 9 heteroatoms. The van der Waals surface area contributed by atoms with Crippen LogP contribution in [-0.2, 0) is 16.6 Å². The van der Waals surface area contributed by atoms with Crippen LogP contribution in [0.15, 0.2) is 28.0 Å². The van der Waals surface area contributed by atoms with Gasteiger partial charge in [0.2, 0.25) is 10.0 Å². The first-order valence-corrected chi connectivity index (χ1v) is 8.45. The van der Waals surface area contributed by atoms with Crippen LogP contribution in [0.2, 0.25) is 0 Å². The highest BCUT2D eigenvalue weighted by atomic mass is 32.2. The lowest BCUT2D eigenvalue weighted by Crippen LogP contribution is -2.35. The first-order valence-electron chi connectivity index (χ1n) is 7.01. The van der Waals surface area contributed by atoms with Crippen LogP contribution >= 0.6 is 0 Å². The fourth-order valence-electron chi connectivity index (χ4n) is 2.63. The van der Waals surface area contributed by atoms with Gasteiger partial charge in [-0.2, -0.15) is 14.2 Å². The summed E-state index contributed by atoms with van der Waals surface area (Å²) in [5.41, 5.74) is -0.458. The topological polar surface area (TPSA) is 100 Å². The van der Waals surface area contributed by atoms with Crippen molar-refractivity contribution in [3.63, 3.8) is 0 Å². The van der Waals surface area contributed by atoms with Crippen molar-refractivity contribution < 1.29 is 8.42 Å². The number of sulfonamides is 1. The third-order valence-electron chi connectivity index (χ3n) is 3.73. The van der Waals surface area contributed by atoms with Gasteiger partial charge in [0.05, 0.1) is 6.07 Å². The highest BCUT2D eigenvalue weighted by molar-refractivity contribution is 7.89. The van der Waals surface area contributed by atoms with Crippen LogP contribution in [0, 0.1) is 11.3 Å². The average Bonchev–Trinajstić information content (AvgIpc) is 2.85. The zero-order valence-corrected chi connectivity index (χ0v) is 12.7. The van der Waals surface area contributed by atoms with E-state index in [1.165, 1.54) is 22.6 Å². The molecule has 0 unspecified atom stereocenters. The van der Waals surface area contributed by atoms with Gasteiger partial charge >= 0.3 is 5.69 Å². The maximum absolute atomic E-state index is 12.8. The Kier molecular flexibility index (Phi) is 3.72. The largest absolute Gasteiger partial charge is 0.351 e. The molecule has 0 bridgehead atoms.